The summed E-state index contributed by atoms with van der Waals surface area (Å²) in [5, 5.41) is 15.1. The van der Waals surface area contributed by atoms with Crippen LogP contribution in [0.4, 0.5) is 11.4 Å². The first-order valence-electron chi connectivity index (χ1n) is 5.72. The summed E-state index contributed by atoms with van der Waals surface area (Å²) in [4.78, 5) is 15.3. The van der Waals surface area contributed by atoms with E-state index in [1.54, 1.807) is 18.3 Å². The van der Waals surface area contributed by atoms with Crippen molar-refractivity contribution in [2.24, 2.45) is 0 Å². The highest BCUT2D eigenvalue weighted by atomic mass is 32.1. The van der Waals surface area contributed by atoms with Gasteiger partial charge in [0, 0.05) is 11.6 Å². The molecule has 0 fully saturated rings. The van der Waals surface area contributed by atoms with Gasteiger partial charge >= 0.3 is 5.97 Å². The van der Waals surface area contributed by atoms with Gasteiger partial charge in [0.2, 0.25) is 0 Å². The van der Waals surface area contributed by atoms with Gasteiger partial charge in [-0.2, -0.15) is 0 Å². The summed E-state index contributed by atoms with van der Waals surface area (Å²) in [5.41, 5.74) is 6.40. The molecule has 6 heteroatoms. The Bertz CT molecular complexity index is 594. The maximum Gasteiger partial charge on any atom is 0.337 e. The molecule has 2 rings (SSSR count). The molecule has 4 N–H and O–H groups in total. The van der Waals surface area contributed by atoms with Crippen molar-refractivity contribution >= 4 is 28.7 Å². The number of carboxylic acids is 1. The number of hydrogen-bond donors (Lipinski definition) is 3. The molecule has 0 spiro atoms. The molecular formula is C13H15N3O2S. The van der Waals surface area contributed by atoms with Gasteiger partial charge in [-0.25, -0.2) is 9.78 Å². The van der Waals surface area contributed by atoms with E-state index in [4.69, 9.17) is 10.8 Å². The van der Waals surface area contributed by atoms with E-state index in [2.05, 4.69) is 10.3 Å². The van der Waals surface area contributed by atoms with Crippen LogP contribution < -0.4 is 11.1 Å². The molecule has 0 atom stereocenters. The number of thiazole rings is 1. The van der Waals surface area contributed by atoms with Gasteiger partial charge in [0.05, 0.1) is 22.5 Å². The maximum absolute atomic E-state index is 11.1. The summed E-state index contributed by atoms with van der Waals surface area (Å²) in [6.07, 6.45) is 1.74. The number of nitrogens with two attached hydrogens (primary N) is 1. The Morgan fingerprint density at radius 2 is 2.21 bits per heavy atom. The lowest BCUT2D eigenvalue weighted by molar-refractivity contribution is 0.0698. The highest BCUT2D eigenvalue weighted by Crippen LogP contribution is 2.31. The summed E-state index contributed by atoms with van der Waals surface area (Å²) in [6, 6.07) is 4.91. The predicted octanol–water partition coefficient (Wildman–Crippen LogP) is 2.77. The highest BCUT2D eigenvalue weighted by Gasteiger charge is 2.24. The van der Waals surface area contributed by atoms with E-state index < -0.39 is 11.5 Å². The van der Waals surface area contributed by atoms with Crippen molar-refractivity contribution in [3.63, 3.8) is 0 Å². The number of nitrogens with one attached hydrogen (secondary N) is 1. The Morgan fingerprint density at radius 1 is 1.47 bits per heavy atom. The second-order valence-electron chi connectivity index (χ2n) is 4.66. The quantitative estimate of drug-likeness (QED) is 0.748. The van der Waals surface area contributed by atoms with Crippen LogP contribution in [-0.4, -0.2) is 16.1 Å². The minimum absolute atomic E-state index is 0.0972. The number of carbonyl (C=O) groups is 1. The summed E-state index contributed by atoms with van der Waals surface area (Å²) < 4.78 is 0. The number of nitrogen functional groups attached to an aromatic ring is 1. The molecule has 0 aliphatic rings. The van der Waals surface area contributed by atoms with Crippen LogP contribution in [0.2, 0.25) is 0 Å². The molecule has 0 saturated carbocycles. The third-order valence-electron chi connectivity index (χ3n) is 2.75. The fourth-order valence-electron chi connectivity index (χ4n) is 1.78. The van der Waals surface area contributed by atoms with Crippen molar-refractivity contribution in [2.45, 2.75) is 19.4 Å². The van der Waals surface area contributed by atoms with Crippen LogP contribution in [0.15, 0.2) is 29.8 Å². The Labute approximate surface area is 115 Å². The Balaban J connectivity index is 2.34. The monoisotopic (exact) mass is 277 g/mol. The first-order chi connectivity index (χ1) is 8.92. The van der Waals surface area contributed by atoms with Gasteiger partial charge in [0.15, 0.2) is 0 Å². The Hall–Kier alpha value is -2.08. The van der Waals surface area contributed by atoms with E-state index in [1.807, 2.05) is 19.2 Å². The third-order valence-corrected chi connectivity index (χ3v) is 3.85. The molecule has 0 saturated heterocycles. The first kappa shape index (κ1) is 13.4. The molecule has 0 radical (unpaired) electrons. The molecule has 0 aliphatic carbocycles. The second-order valence-corrected chi connectivity index (χ2v) is 5.55. The third kappa shape index (κ3) is 2.68. The number of aromatic carboxylic acids is 1. The highest BCUT2D eigenvalue weighted by molar-refractivity contribution is 7.09. The van der Waals surface area contributed by atoms with Gasteiger partial charge in [-0.1, -0.05) is 6.07 Å². The molecule has 0 bridgehead atoms. The van der Waals surface area contributed by atoms with Crippen LogP contribution in [0.1, 0.15) is 29.2 Å². The average molecular weight is 277 g/mol. The largest absolute Gasteiger partial charge is 0.478 e. The van der Waals surface area contributed by atoms with Gasteiger partial charge in [-0.3, -0.25) is 0 Å². The summed E-state index contributed by atoms with van der Waals surface area (Å²) in [6.45, 7) is 3.94. The molecule has 1 heterocycles. The lowest BCUT2D eigenvalue weighted by Gasteiger charge is -2.26. The number of anilines is 2. The van der Waals surface area contributed by atoms with Crippen molar-refractivity contribution in [3.8, 4) is 0 Å². The van der Waals surface area contributed by atoms with Crippen LogP contribution in [-0.2, 0) is 5.54 Å². The molecule has 100 valence electrons. The lowest BCUT2D eigenvalue weighted by atomic mass is 10.0. The Morgan fingerprint density at radius 3 is 2.79 bits per heavy atom. The minimum Gasteiger partial charge on any atom is -0.478 e. The zero-order chi connectivity index (χ0) is 14.0. The molecule has 0 aliphatic heterocycles. The average Bonchev–Trinajstić information content (AvgIpc) is 2.85. The first-order valence-corrected chi connectivity index (χ1v) is 6.60. The van der Waals surface area contributed by atoms with E-state index >= 15 is 0 Å². The second kappa shape index (κ2) is 4.89. The number of hydrogen-bond acceptors (Lipinski definition) is 5. The van der Waals surface area contributed by atoms with E-state index in [0.717, 1.165) is 5.01 Å². The molecule has 1 aromatic heterocycles. The van der Waals surface area contributed by atoms with Crippen molar-refractivity contribution in [3.05, 3.63) is 40.3 Å². The normalized spacial score (nSPS) is 11.3. The summed E-state index contributed by atoms with van der Waals surface area (Å²) >= 11 is 1.53. The van der Waals surface area contributed by atoms with E-state index in [1.165, 1.54) is 17.4 Å². The van der Waals surface area contributed by atoms with Crippen LogP contribution in [0.5, 0.6) is 0 Å². The predicted molar refractivity (Wildman–Crippen MR) is 76.6 cm³/mol. The minimum atomic E-state index is -1.03. The number of para-hydroxylation sites is 1. The molecular weight excluding hydrogens is 262 g/mol. The fourth-order valence-corrected chi connectivity index (χ4v) is 2.50. The SMILES string of the molecule is CC(C)(Nc1cccc(C(=O)O)c1N)c1nccs1. The van der Waals surface area contributed by atoms with Gasteiger partial charge < -0.3 is 16.2 Å². The van der Waals surface area contributed by atoms with Crippen molar-refractivity contribution in [1.29, 1.82) is 0 Å². The molecule has 1 aromatic carbocycles. The Kier molecular flexibility index (Phi) is 3.44. The van der Waals surface area contributed by atoms with E-state index in [9.17, 15) is 4.79 Å². The van der Waals surface area contributed by atoms with Gasteiger partial charge in [-0.15, -0.1) is 11.3 Å². The number of rotatable bonds is 4. The van der Waals surface area contributed by atoms with Crippen molar-refractivity contribution in [2.75, 3.05) is 11.1 Å². The topological polar surface area (TPSA) is 88.2 Å². The van der Waals surface area contributed by atoms with Gasteiger partial charge in [0.25, 0.3) is 0 Å². The zero-order valence-electron chi connectivity index (χ0n) is 10.7. The smallest absolute Gasteiger partial charge is 0.337 e. The molecule has 2 aromatic rings. The van der Waals surface area contributed by atoms with Crippen LogP contribution in [0, 0.1) is 0 Å². The number of nitrogens with zero attached hydrogens (tertiary/aromatic N) is 1. The molecule has 5 nitrogen and oxygen atoms in total. The zero-order valence-corrected chi connectivity index (χ0v) is 11.5. The molecule has 0 unspecified atom stereocenters. The number of aromatic nitrogens is 1. The van der Waals surface area contributed by atoms with Crippen LogP contribution >= 0.6 is 11.3 Å². The van der Waals surface area contributed by atoms with E-state index in [-0.39, 0.29) is 11.3 Å². The van der Waals surface area contributed by atoms with Crippen molar-refractivity contribution in [1.82, 2.24) is 4.98 Å². The number of benzene rings is 1. The maximum atomic E-state index is 11.1. The van der Waals surface area contributed by atoms with Gasteiger partial charge in [-0.05, 0) is 26.0 Å². The summed E-state index contributed by atoms with van der Waals surface area (Å²) in [5.74, 6) is -1.03. The number of carboxylic acid groups (broad SMARTS) is 1. The van der Waals surface area contributed by atoms with Crippen LogP contribution in [0.25, 0.3) is 0 Å². The van der Waals surface area contributed by atoms with Crippen molar-refractivity contribution < 1.29 is 9.90 Å². The summed E-state index contributed by atoms with van der Waals surface area (Å²) in [7, 11) is 0. The standard InChI is InChI=1S/C13H15N3O2S/c1-13(2,12-15-6-7-19-12)16-9-5-3-4-8(10(9)14)11(17)18/h3-7,16H,14H2,1-2H3,(H,17,18). The fraction of sp³-hybridized carbons (Fsp3) is 0.231. The van der Waals surface area contributed by atoms with Gasteiger partial charge in [0.1, 0.15) is 5.01 Å². The molecule has 0 amide bonds. The lowest BCUT2D eigenvalue weighted by Crippen LogP contribution is -2.28. The van der Waals surface area contributed by atoms with Crippen LogP contribution in [0.3, 0.4) is 0 Å². The molecule has 19 heavy (non-hydrogen) atoms. The van der Waals surface area contributed by atoms with E-state index in [0.29, 0.717) is 5.69 Å².